The summed E-state index contributed by atoms with van der Waals surface area (Å²) in [5.74, 6) is 2.73. The molecule has 0 bridgehead atoms. The third kappa shape index (κ3) is 6.51. The van der Waals surface area contributed by atoms with Gasteiger partial charge in [-0.05, 0) is 51.0 Å². The van der Waals surface area contributed by atoms with Gasteiger partial charge in [-0.3, -0.25) is 9.36 Å². The largest absolute Gasteiger partial charge is 0.462 e. The normalized spacial score (nSPS) is 23.5. The lowest BCUT2D eigenvalue weighted by molar-refractivity contribution is -0.149. The van der Waals surface area contributed by atoms with E-state index >= 15 is 4.39 Å². The molecule has 2 aromatic carbocycles. The number of nitrogens with zero attached hydrogens (tertiary/aromatic N) is 4. The first-order valence-electron chi connectivity index (χ1n) is 14.2. The number of halogens is 1. The molecule has 1 fully saturated rings. The Hall–Kier alpha value is -3.70. The Morgan fingerprint density at radius 3 is 2.71 bits per heavy atom. The highest BCUT2D eigenvalue weighted by molar-refractivity contribution is 8.09. The molecule has 5 rings (SSSR count). The summed E-state index contributed by atoms with van der Waals surface area (Å²) >= 11 is 5.87. The van der Waals surface area contributed by atoms with Gasteiger partial charge < -0.3 is 28.9 Å². The number of ether oxygens (including phenoxy) is 2. The summed E-state index contributed by atoms with van der Waals surface area (Å²) in [6.45, 7) is 2.66. The van der Waals surface area contributed by atoms with E-state index in [1.165, 1.54) is 10.9 Å². The molecule has 1 aliphatic heterocycles. The van der Waals surface area contributed by atoms with Crippen molar-refractivity contribution in [2.24, 2.45) is 0 Å². The van der Waals surface area contributed by atoms with Crippen LogP contribution >= 0.6 is 6.64 Å². The molecule has 45 heavy (non-hydrogen) atoms. The van der Waals surface area contributed by atoms with Crippen LogP contribution in [0.15, 0.2) is 48.8 Å². The number of alkyl halides is 1. The second-order valence-corrected chi connectivity index (χ2v) is 13.9. The van der Waals surface area contributed by atoms with Crippen LogP contribution in [-0.4, -0.2) is 74.3 Å². The lowest BCUT2D eigenvalue weighted by Crippen LogP contribution is -2.42. The maximum Gasteiger partial charge on any atom is 0.323 e. The summed E-state index contributed by atoms with van der Waals surface area (Å²) in [5.41, 5.74) is -2.07. The van der Waals surface area contributed by atoms with Crippen LogP contribution in [0.3, 0.4) is 0 Å². The van der Waals surface area contributed by atoms with Crippen molar-refractivity contribution in [2.45, 2.75) is 63.9 Å². The van der Waals surface area contributed by atoms with E-state index < -0.39 is 49.4 Å². The average molecular weight is 657 g/mol. The fourth-order valence-corrected chi connectivity index (χ4v) is 7.39. The van der Waals surface area contributed by atoms with E-state index in [0.29, 0.717) is 22.9 Å². The highest BCUT2D eigenvalue weighted by atomic mass is 32.5. The van der Waals surface area contributed by atoms with Crippen LogP contribution in [0.2, 0.25) is 0 Å². The Morgan fingerprint density at radius 1 is 1.27 bits per heavy atom. The molecule has 0 saturated carbocycles. The smallest absolute Gasteiger partial charge is 0.323 e. The molecule has 6 atom stereocenters. The highest BCUT2D eigenvalue weighted by Gasteiger charge is 2.58. The van der Waals surface area contributed by atoms with E-state index in [1.54, 1.807) is 46.9 Å². The summed E-state index contributed by atoms with van der Waals surface area (Å²) in [7, 11) is 1.67. The van der Waals surface area contributed by atoms with Crippen molar-refractivity contribution in [1.29, 1.82) is 0 Å². The number of imidazole rings is 1. The van der Waals surface area contributed by atoms with Gasteiger partial charge >= 0.3 is 12.6 Å². The van der Waals surface area contributed by atoms with Gasteiger partial charge in [0.15, 0.2) is 23.2 Å². The molecule has 2 aromatic heterocycles. The molecule has 12 nitrogen and oxygen atoms in total. The van der Waals surface area contributed by atoms with Crippen LogP contribution in [0.4, 0.5) is 10.2 Å². The van der Waals surface area contributed by atoms with Crippen LogP contribution in [0.25, 0.3) is 21.9 Å². The van der Waals surface area contributed by atoms with Gasteiger partial charge in [-0.2, -0.15) is 0 Å². The maximum atomic E-state index is 16.4. The molecular formula is C30H34FN6O6PS. The number of carbonyl (C=O) groups excluding carboxylic acids is 1. The van der Waals surface area contributed by atoms with Gasteiger partial charge in [0, 0.05) is 12.4 Å². The molecule has 3 heterocycles. The zero-order valence-corrected chi connectivity index (χ0v) is 27.0. The van der Waals surface area contributed by atoms with Crippen molar-refractivity contribution in [3.63, 3.8) is 0 Å². The summed E-state index contributed by atoms with van der Waals surface area (Å²) in [6.07, 6.45) is 1.96. The zero-order valence-electron chi connectivity index (χ0n) is 25.3. The Morgan fingerprint density at radius 2 is 2.00 bits per heavy atom. The molecule has 0 radical (unpaired) electrons. The molecule has 238 valence electrons. The van der Waals surface area contributed by atoms with Crippen molar-refractivity contribution in [3.8, 4) is 18.1 Å². The second kappa shape index (κ2) is 13.0. The molecule has 0 amide bonds. The first kappa shape index (κ1) is 32.7. The Kier molecular flexibility index (Phi) is 9.41. The monoisotopic (exact) mass is 656 g/mol. The average Bonchev–Trinajstić information content (AvgIpc) is 3.53. The molecule has 0 aliphatic carbocycles. The Bertz CT molecular complexity index is 1810. The van der Waals surface area contributed by atoms with Gasteiger partial charge in [0.25, 0.3) is 0 Å². The summed E-state index contributed by atoms with van der Waals surface area (Å²) in [4.78, 5) is 25.7. The molecular weight excluding hydrogens is 622 g/mol. The maximum absolute atomic E-state index is 16.4. The number of benzene rings is 2. The van der Waals surface area contributed by atoms with Crippen LogP contribution in [-0.2, 0) is 30.6 Å². The molecule has 3 N–H and O–H groups in total. The SMILES string of the molecule is C#C[C@@]1(F)[C@H](O)[C@@H](CO[P@@](=S)(N[C@H](C)C(=O)OC(C)C)Oc2cccc3ccccc23)O[C@H]1n1cnc2c(NC)nc(C)nc21. The number of aryl methyl sites for hydroxylation is 1. The van der Waals surface area contributed by atoms with E-state index in [0.717, 1.165) is 10.8 Å². The van der Waals surface area contributed by atoms with Gasteiger partial charge in [-0.1, -0.05) is 42.3 Å². The minimum Gasteiger partial charge on any atom is -0.462 e. The minimum absolute atomic E-state index is 0.256. The van der Waals surface area contributed by atoms with Gasteiger partial charge in [0.05, 0.1) is 19.0 Å². The first-order chi connectivity index (χ1) is 21.4. The molecule has 0 spiro atoms. The fourth-order valence-electron chi connectivity index (χ4n) is 4.97. The molecule has 4 aromatic rings. The lowest BCUT2D eigenvalue weighted by atomic mass is 9.97. The number of aliphatic hydroxyl groups is 1. The quantitative estimate of drug-likeness (QED) is 0.121. The predicted octanol–water partition coefficient (Wildman–Crippen LogP) is 4.18. The van der Waals surface area contributed by atoms with Crippen molar-refractivity contribution < 1.29 is 32.8 Å². The van der Waals surface area contributed by atoms with E-state index in [1.807, 2.05) is 30.3 Å². The molecule has 1 aliphatic rings. The van der Waals surface area contributed by atoms with Crippen molar-refractivity contribution in [3.05, 3.63) is 54.6 Å². The fraction of sp³-hybridized carbons (Fsp3) is 0.400. The van der Waals surface area contributed by atoms with E-state index in [2.05, 4.69) is 31.3 Å². The second-order valence-electron chi connectivity index (χ2n) is 10.8. The number of hydrogen-bond donors (Lipinski definition) is 3. The summed E-state index contributed by atoms with van der Waals surface area (Å²) in [6, 6.07) is 12.0. The number of rotatable bonds is 11. The summed E-state index contributed by atoms with van der Waals surface area (Å²) < 4.78 is 41.5. The van der Waals surface area contributed by atoms with E-state index in [-0.39, 0.29) is 11.8 Å². The number of hydrogen-bond acceptors (Lipinski definition) is 11. The number of esters is 1. The van der Waals surface area contributed by atoms with Crippen LogP contribution in [0.5, 0.6) is 5.75 Å². The van der Waals surface area contributed by atoms with Gasteiger partial charge in [0.2, 0.25) is 5.67 Å². The third-order valence-electron chi connectivity index (χ3n) is 7.12. The topological polar surface area (TPSA) is 142 Å². The number of fused-ring (bicyclic) bond motifs is 2. The number of anilines is 1. The third-order valence-corrected chi connectivity index (χ3v) is 9.61. The van der Waals surface area contributed by atoms with E-state index in [9.17, 15) is 9.90 Å². The number of terminal acetylenes is 1. The Balaban J connectivity index is 1.44. The number of aliphatic hydroxyl groups excluding tert-OH is 1. The van der Waals surface area contributed by atoms with Crippen molar-refractivity contribution in [2.75, 3.05) is 19.0 Å². The lowest BCUT2D eigenvalue weighted by Gasteiger charge is -2.28. The van der Waals surface area contributed by atoms with Crippen LogP contribution < -0.4 is 14.9 Å². The van der Waals surface area contributed by atoms with Gasteiger partial charge in [0.1, 0.15) is 29.8 Å². The first-order valence-corrected chi connectivity index (χ1v) is 16.8. The standard InChI is InChI=1S/C30H34FN6O6PS/c1-7-30(31)25(38)23(42-29(30)37-16-33-24-26(32-6)34-19(5)35-27(24)37)15-40-44(45,36-18(4)28(39)41-17(2)3)43-22-14-10-12-20-11-8-9-13-21(20)22/h1,8-14,16-18,23,25,29,38H,15H2,2-6H3,(H,36,45)(H,32,34,35)/t18-,23-,25-,29-,30-,44+/m1/s1. The van der Waals surface area contributed by atoms with Crippen molar-refractivity contribution >= 4 is 52.2 Å². The predicted molar refractivity (Wildman–Crippen MR) is 171 cm³/mol. The number of carbonyl (C=O) groups is 1. The van der Waals surface area contributed by atoms with Crippen LogP contribution in [0, 0.1) is 19.3 Å². The molecule has 15 heteroatoms. The molecule has 1 saturated heterocycles. The summed E-state index contributed by atoms with van der Waals surface area (Å²) in [5, 5.41) is 18.7. The van der Waals surface area contributed by atoms with Crippen LogP contribution in [0.1, 0.15) is 32.8 Å². The Labute approximate surface area is 264 Å². The van der Waals surface area contributed by atoms with Crippen molar-refractivity contribution in [1.82, 2.24) is 24.6 Å². The molecule has 0 unspecified atom stereocenters. The minimum atomic E-state index is -3.60. The van der Waals surface area contributed by atoms with E-state index in [4.69, 9.17) is 36.8 Å². The zero-order chi connectivity index (χ0) is 32.5. The van der Waals surface area contributed by atoms with Gasteiger partial charge in [-0.25, -0.2) is 24.4 Å². The highest BCUT2D eigenvalue weighted by Crippen LogP contribution is 2.49. The number of nitrogens with one attached hydrogen (secondary N) is 2. The number of aromatic nitrogens is 4. The van der Waals surface area contributed by atoms with Gasteiger partial charge in [-0.15, -0.1) is 6.42 Å².